The van der Waals surface area contributed by atoms with E-state index in [4.69, 9.17) is 9.68 Å². The lowest BCUT2D eigenvalue weighted by Crippen LogP contribution is -1.97. The fraction of sp³-hybridized carbons (Fsp3) is 0.0714. The van der Waals surface area contributed by atoms with E-state index in [-0.39, 0.29) is 11.4 Å². The molecule has 0 fully saturated rings. The maximum atomic E-state index is 11.4. The molecule has 0 aliphatic heterocycles. The summed E-state index contributed by atoms with van der Waals surface area (Å²) in [5.74, 6) is 0.566. The molecule has 118 valence electrons. The highest BCUT2D eigenvalue weighted by Crippen LogP contribution is 2.33. The van der Waals surface area contributed by atoms with Crippen LogP contribution in [-0.4, -0.2) is 19.6 Å². The number of hydrogen-bond acceptors (Lipinski definition) is 6. The molecular weight excluding hydrogens is 388 g/mol. The van der Waals surface area contributed by atoms with Gasteiger partial charge < -0.3 is 4.42 Å². The van der Waals surface area contributed by atoms with Crippen molar-refractivity contribution in [2.75, 3.05) is 6.26 Å². The number of allylic oxidation sites excluding steroid dienone is 1. The number of nitro groups is 1. The Balaban J connectivity index is 2.43. The zero-order valence-electron chi connectivity index (χ0n) is 11.7. The Hall–Kier alpha value is -2.44. The summed E-state index contributed by atoms with van der Waals surface area (Å²) in [7, 11) is -3.64. The van der Waals surface area contributed by atoms with Crippen LogP contribution in [0.15, 0.2) is 44.1 Å². The summed E-state index contributed by atoms with van der Waals surface area (Å²) in [6, 6.07) is 8.86. The minimum Gasteiger partial charge on any atom is -0.457 e. The van der Waals surface area contributed by atoms with Crippen LogP contribution < -0.4 is 0 Å². The molecule has 0 atom stereocenters. The first kappa shape index (κ1) is 16.9. The molecule has 0 saturated carbocycles. The van der Waals surface area contributed by atoms with E-state index < -0.39 is 19.7 Å². The Morgan fingerprint density at radius 3 is 2.61 bits per heavy atom. The SMILES string of the molecule is CS(=O)(=O)/C(C#N)=C/c1ccc(-c2ccc([N+](=O)[O-])cc2Br)o1. The van der Waals surface area contributed by atoms with Crippen LogP contribution in [0.1, 0.15) is 5.76 Å². The van der Waals surface area contributed by atoms with Crippen LogP contribution in [0.25, 0.3) is 17.4 Å². The maximum Gasteiger partial charge on any atom is 0.270 e. The van der Waals surface area contributed by atoms with Gasteiger partial charge in [-0.1, -0.05) is 0 Å². The Morgan fingerprint density at radius 2 is 2.09 bits per heavy atom. The van der Waals surface area contributed by atoms with Crippen molar-refractivity contribution < 1.29 is 17.8 Å². The summed E-state index contributed by atoms with van der Waals surface area (Å²) < 4.78 is 28.7. The van der Waals surface area contributed by atoms with E-state index in [1.54, 1.807) is 12.1 Å². The van der Waals surface area contributed by atoms with Crippen molar-refractivity contribution in [3.8, 4) is 17.4 Å². The lowest BCUT2D eigenvalue weighted by atomic mass is 10.1. The average molecular weight is 397 g/mol. The van der Waals surface area contributed by atoms with Gasteiger partial charge in [-0.25, -0.2) is 8.42 Å². The first-order valence-corrected chi connectivity index (χ1v) is 8.77. The number of sulfone groups is 1. The fourth-order valence-electron chi connectivity index (χ4n) is 1.74. The molecule has 0 bridgehead atoms. The van der Waals surface area contributed by atoms with Crippen LogP contribution in [0.3, 0.4) is 0 Å². The van der Waals surface area contributed by atoms with Crippen molar-refractivity contribution in [1.82, 2.24) is 0 Å². The second-order valence-electron chi connectivity index (χ2n) is 4.52. The van der Waals surface area contributed by atoms with Crippen LogP contribution in [0.2, 0.25) is 0 Å². The molecule has 9 heteroatoms. The van der Waals surface area contributed by atoms with Gasteiger partial charge in [-0.05, 0) is 34.1 Å². The zero-order valence-corrected chi connectivity index (χ0v) is 14.1. The number of hydrogen-bond donors (Lipinski definition) is 0. The van der Waals surface area contributed by atoms with E-state index in [0.29, 0.717) is 15.8 Å². The monoisotopic (exact) mass is 396 g/mol. The van der Waals surface area contributed by atoms with E-state index in [9.17, 15) is 18.5 Å². The molecule has 0 N–H and O–H groups in total. The van der Waals surface area contributed by atoms with Crippen molar-refractivity contribution in [3.63, 3.8) is 0 Å². The molecule has 0 radical (unpaired) electrons. The third kappa shape index (κ3) is 3.85. The lowest BCUT2D eigenvalue weighted by molar-refractivity contribution is -0.384. The quantitative estimate of drug-likeness (QED) is 0.443. The molecule has 23 heavy (non-hydrogen) atoms. The van der Waals surface area contributed by atoms with E-state index >= 15 is 0 Å². The Labute approximate surface area is 140 Å². The average Bonchev–Trinajstić information content (AvgIpc) is 2.91. The highest BCUT2D eigenvalue weighted by Gasteiger charge is 2.15. The van der Waals surface area contributed by atoms with Gasteiger partial charge in [0, 0.05) is 34.5 Å². The van der Waals surface area contributed by atoms with Crippen molar-refractivity contribution in [3.05, 3.63) is 55.6 Å². The molecule has 0 spiro atoms. The van der Waals surface area contributed by atoms with Crippen molar-refractivity contribution in [2.24, 2.45) is 0 Å². The first-order chi connectivity index (χ1) is 10.7. The number of non-ortho nitro benzene ring substituents is 1. The Morgan fingerprint density at radius 1 is 1.39 bits per heavy atom. The number of halogens is 1. The van der Waals surface area contributed by atoms with Gasteiger partial charge >= 0.3 is 0 Å². The molecule has 7 nitrogen and oxygen atoms in total. The highest BCUT2D eigenvalue weighted by atomic mass is 79.9. The van der Waals surface area contributed by atoms with Gasteiger partial charge in [0.25, 0.3) is 5.69 Å². The summed E-state index contributed by atoms with van der Waals surface area (Å²) in [5, 5.41) is 19.6. The minimum absolute atomic E-state index is 0.0730. The summed E-state index contributed by atoms with van der Waals surface area (Å²) in [6.45, 7) is 0. The standard InChI is InChI=1S/C14H9BrN2O5S/c1-23(20,21)11(8-16)7-10-3-5-14(22-10)12-4-2-9(17(18)19)6-13(12)15/h2-7H,1H3/b11-7+. The van der Waals surface area contributed by atoms with E-state index in [1.807, 2.05) is 0 Å². The highest BCUT2D eigenvalue weighted by molar-refractivity contribution is 9.10. The van der Waals surface area contributed by atoms with Gasteiger partial charge in [0.1, 0.15) is 22.5 Å². The van der Waals surface area contributed by atoms with Gasteiger partial charge in [0.05, 0.1) is 4.92 Å². The minimum atomic E-state index is -3.64. The van der Waals surface area contributed by atoms with Gasteiger partial charge in [0.15, 0.2) is 9.84 Å². The van der Waals surface area contributed by atoms with Gasteiger partial charge in [0.2, 0.25) is 0 Å². The molecule has 2 rings (SSSR count). The summed E-state index contributed by atoms with van der Waals surface area (Å²) in [6.07, 6.45) is 2.05. The third-order valence-electron chi connectivity index (χ3n) is 2.84. The molecule has 0 unspecified atom stereocenters. The van der Waals surface area contributed by atoms with Crippen LogP contribution in [-0.2, 0) is 9.84 Å². The molecule has 2 aromatic rings. The molecule has 1 heterocycles. The van der Waals surface area contributed by atoms with E-state index in [2.05, 4.69) is 15.9 Å². The largest absolute Gasteiger partial charge is 0.457 e. The molecule has 1 aromatic carbocycles. The topological polar surface area (TPSA) is 114 Å². The van der Waals surface area contributed by atoms with Gasteiger partial charge in [-0.2, -0.15) is 5.26 Å². The summed E-state index contributed by atoms with van der Waals surface area (Å²) in [5.41, 5.74) is 0.490. The number of nitrogens with zero attached hydrogens (tertiary/aromatic N) is 2. The second-order valence-corrected chi connectivity index (χ2v) is 7.35. The third-order valence-corrected chi connectivity index (χ3v) is 4.50. The summed E-state index contributed by atoms with van der Waals surface area (Å²) in [4.78, 5) is 9.79. The number of nitriles is 1. The molecule has 0 amide bonds. The molecule has 1 aromatic heterocycles. The van der Waals surface area contributed by atoms with Gasteiger partial charge in [-0.3, -0.25) is 10.1 Å². The number of benzene rings is 1. The number of rotatable bonds is 4. The number of nitro benzene ring substituents is 1. The smallest absolute Gasteiger partial charge is 0.270 e. The van der Waals surface area contributed by atoms with Crippen LogP contribution >= 0.6 is 15.9 Å². The summed E-state index contributed by atoms with van der Waals surface area (Å²) >= 11 is 3.23. The lowest BCUT2D eigenvalue weighted by Gasteiger charge is -2.01. The van der Waals surface area contributed by atoms with Gasteiger partial charge in [-0.15, -0.1) is 0 Å². The van der Waals surface area contributed by atoms with E-state index in [0.717, 1.165) is 12.3 Å². The Kier molecular flexibility index (Phi) is 4.68. The maximum absolute atomic E-state index is 11.4. The fourth-order valence-corrected chi connectivity index (χ4v) is 2.80. The van der Waals surface area contributed by atoms with Crippen molar-refractivity contribution >= 4 is 37.5 Å². The van der Waals surface area contributed by atoms with Crippen molar-refractivity contribution in [1.29, 1.82) is 5.26 Å². The van der Waals surface area contributed by atoms with Crippen molar-refractivity contribution in [2.45, 2.75) is 0 Å². The predicted molar refractivity (Wildman–Crippen MR) is 86.9 cm³/mol. The first-order valence-electron chi connectivity index (χ1n) is 6.08. The van der Waals surface area contributed by atoms with Crippen LogP contribution in [0.5, 0.6) is 0 Å². The van der Waals surface area contributed by atoms with E-state index in [1.165, 1.54) is 24.3 Å². The zero-order chi connectivity index (χ0) is 17.2. The molecular formula is C14H9BrN2O5S. The predicted octanol–water partition coefficient (Wildman–Crippen LogP) is 3.53. The second kappa shape index (κ2) is 6.36. The Bertz CT molecular complexity index is 954. The number of furan rings is 1. The molecule has 0 aliphatic carbocycles. The van der Waals surface area contributed by atoms with Crippen LogP contribution in [0, 0.1) is 21.4 Å². The molecule has 0 saturated heterocycles. The van der Waals surface area contributed by atoms with Crippen LogP contribution in [0.4, 0.5) is 5.69 Å². The molecule has 0 aliphatic rings. The normalized spacial score (nSPS) is 12.0.